The number of nitrogen functional groups attached to an aromatic ring is 1. The molecule has 2 aliphatic rings. The molecule has 4 N–H and O–H groups in total. The van der Waals surface area contributed by atoms with E-state index in [4.69, 9.17) is 10.6 Å². The molecule has 1 unspecified atom stereocenters. The second kappa shape index (κ2) is 10.8. The molecular weight excluding hydrogens is 516 g/mol. The second-order valence-corrected chi connectivity index (χ2v) is 9.57. The van der Waals surface area contributed by atoms with Gasteiger partial charge in [-0.05, 0) is 30.0 Å². The van der Waals surface area contributed by atoms with Gasteiger partial charge >= 0.3 is 5.97 Å². The molecule has 0 aromatic carbocycles. The first-order chi connectivity index (χ1) is 16.9. The van der Waals surface area contributed by atoms with Gasteiger partial charge in [-0.1, -0.05) is 16.9 Å². The van der Waals surface area contributed by atoms with Crippen LogP contribution in [0.5, 0.6) is 0 Å². The summed E-state index contributed by atoms with van der Waals surface area (Å²) in [5.41, 5.74) is 5.69. The van der Waals surface area contributed by atoms with Gasteiger partial charge in [0.2, 0.25) is 11.5 Å². The molecule has 2 atom stereocenters. The first kappa shape index (κ1) is 24.6. The van der Waals surface area contributed by atoms with E-state index in [0.717, 1.165) is 11.5 Å². The number of fused-ring (bicyclic) bond motifs is 1. The van der Waals surface area contributed by atoms with Gasteiger partial charge in [0.15, 0.2) is 10.3 Å². The fraction of sp³-hybridized carbons (Fsp3) is 0.263. The van der Waals surface area contributed by atoms with Crippen molar-refractivity contribution < 1.29 is 24.3 Å². The number of β-lactam (4-membered cyclic amide) rings is 1. The van der Waals surface area contributed by atoms with Crippen molar-refractivity contribution in [1.29, 1.82) is 0 Å². The van der Waals surface area contributed by atoms with Gasteiger partial charge in [-0.2, -0.15) is 9.36 Å². The van der Waals surface area contributed by atoms with Gasteiger partial charge in [0, 0.05) is 29.7 Å². The molecular formula is C19H18N8O5S3. The molecule has 35 heavy (non-hydrogen) atoms. The Morgan fingerprint density at radius 3 is 2.86 bits per heavy atom. The van der Waals surface area contributed by atoms with Crippen LogP contribution in [0.2, 0.25) is 0 Å². The van der Waals surface area contributed by atoms with E-state index in [-0.39, 0.29) is 29.0 Å². The van der Waals surface area contributed by atoms with E-state index in [1.807, 2.05) is 0 Å². The van der Waals surface area contributed by atoms with Gasteiger partial charge in [0.1, 0.15) is 23.7 Å². The number of thioether (sulfide) groups is 2. The van der Waals surface area contributed by atoms with Gasteiger partial charge in [-0.15, -0.1) is 11.8 Å². The van der Waals surface area contributed by atoms with Crippen LogP contribution in [-0.4, -0.2) is 76.6 Å². The lowest BCUT2D eigenvalue weighted by atomic mass is 10.0. The molecule has 4 rings (SSSR count). The Morgan fingerprint density at radius 2 is 2.20 bits per heavy atom. The van der Waals surface area contributed by atoms with E-state index in [2.05, 4.69) is 29.8 Å². The number of carboxylic acids is 1. The van der Waals surface area contributed by atoms with Crippen molar-refractivity contribution in [2.24, 2.45) is 5.16 Å². The van der Waals surface area contributed by atoms with E-state index in [1.54, 1.807) is 36.9 Å². The summed E-state index contributed by atoms with van der Waals surface area (Å²) < 4.78 is 3.97. The molecule has 182 valence electrons. The number of carbonyl (C=O) groups is 3. The summed E-state index contributed by atoms with van der Waals surface area (Å²) in [5, 5.41) is 17.9. The Morgan fingerprint density at radius 1 is 1.43 bits per heavy atom. The SMILES string of the molecule is CCON=C(C(=O)NC1C(=O)N2C(C(=O)O)=C(C=CSc3ncccn3)CS[C@@H]12)c1nsc(N)n1. The lowest BCUT2D eigenvalue weighted by Gasteiger charge is -2.49. The number of aromatic nitrogens is 4. The van der Waals surface area contributed by atoms with Crippen LogP contribution in [-0.2, 0) is 19.2 Å². The molecule has 2 aromatic heterocycles. The fourth-order valence-electron chi connectivity index (χ4n) is 3.15. The fourth-order valence-corrected chi connectivity index (χ4v) is 5.50. The van der Waals surface area contributed by atoms with Crippen LogP contribution in [0.1, 0.15) is 12.7 Å². The number of rotatable bonds is 9. The molecule has 0 spiro atoms. The van der Waals surface area contributed by atoms with Crippen LogP contribution in [0.3, 0.4) is 0 Å². The van der Waals surface area contributed by atoms with Gasteiger partial charge in [-0.3, -0.25) is 14.5 Å². The zero-order valence-corrected chi connectivity index (χ0v) is 20.5. The third-order valence-electron chi connectivity index (χ3n) is 4.63. The van der Waals surface area contributed by atoms with Crippen molar-refractivity contribution in [3.05, 3.63) is 47.0 Å². The molecule has 4 heterocycles. The molecule has 1 fully saturated rings. The topological polar surface area (TPSA) is 186 Å². The summed E-state index contributed by atoms with van der Waals surface area (Å²) >= 11 is 3.43. The van der Waals surface area contributed by atoms with E-state index < -0.39 is 29.2 Å². The summed E-state index contributed by atoms with van der Waals surface area (Å²) in [6.45, 7) is 1.88. The van der Waals surface area contributed by atoms with Gasteiger partial charge in [0.25, 0.3) is 11.8 Å². The third-order valence-corrected chi connectivity index (χ3v) is 7.16. The molecule has 2 aromatic rings. The highest BCUT2D eigenvalue weighted by molar-refractivity contribution is 8.02. The van der Waals surface area contributed by atoms with Crippen LogP contribution < -0.4 is 11.1 Å². The predicted octanol–water partition coefficient (Wildman–Crippen LogP) is 0.695. The molecule has 1 saturated heterocycles. The van der Waals surface area contributed by atoms with Crippen molar-refractivity contribution in [3.8, 4) is 0 Å². The average molecular weight is 535 g/mol. The lowest BCUT2D eigenvalue weighted by molar-refractivity contribution is -0.150. The first-order valence-corrected chi connectivity index (χ1v) is 12.7. The number of nitrogens with zero attached hydrogens (tertiary/aromatic N) is 6. The zero-order chi connectivity index (χ0) is 24.9. The maximum atomic E-state index is 12.9. The van der Waals surface area contributed by atoms with Crippen LogP contribution in [0.15, 0.2) is 51.5 Å². The largest absolute Gasteiger partial charge is 0.477 e. The van der Waals surface area contributed by atoms with Crippen molar-refractivity contribution in [1.82, 2.24) is 29.5 Å². The number of hydrogen-bond acceptors (Lipinski definition) is 13. The first-order valence-electron chi connectivity index (χ1n) is 10.0. The Balaban J connectivity index is 1.49. The number of aliphatic carboxylic acids is 1. The highest BCUT2D eigenvalue weighted by Gasteiger charge is 2.54. The Kier molecular flexibility index (Phi) is 7.62. The third kappa shape index (κ3) is 5.28. The van der Waals surface area contributed by atoms with E-state index in [0.29, 0.717) is 16.5 Å². The number of hydrogen-bond donors (Lipinski definition) is 3. The van der Waals surface area contributed by atoms with Gasteiger partial charge in [0.05, 0.1) is 0 Å². The number of oxime groups is 1. The highest BCUT2D eigenvalue weighted by atomic mass is 32.2. The lowest BCUT2D eigenvalue weighted by Crippen LogP contribution is -2.71. The minimum Gasteiger partial charge on any atom is -0.477 e. The molecule has 0 bridgehead atoms. The van der Waals surface area contributed by atoms with Crippen molar-refractivity contribution >= 4 is 63.7 Å². The molecule has 16 heteroatoms. The minimum atomic E-state index is -1.24. The van der Waals surface area contributed by atoms with Crippen LogP contribution in [0.25, 0.3) is 0 Å². The average Bonchev–Trinajstić information content (AvgIpc) is 3.28. The van der Waals surface area contributed by atoms with Gasteiger partial charge < -0.3 is 21.0 Å². The molecule has 2 aliphatic heterocycles. The monoisotopic (exact) mass is 534 g/mol. The molecule has 0 aliphatic carbocycles. The Bertz CT molecular complexity index is 1230. The van der Waals surface area contributed by atoms with Crippen LogP contribution in [0.4, 0.5) is 5.13 Å². The number of amides is 2. The molecule has 0 saturated carbocycles. The smallest absolute Gasteiger partial charge is 0.352 e. The summed E-state index contributed by atoms with van der Waals surface area (Å²) in [4.78, 5) is 56.0. The van der Waals surface area contributed by atoms with Crippen LogP contribution in [0, 0.1) is 0 Å². The number of nitrogens with two attached hydrogens (primary N) is 1. The summed E-state index contributed by atoms with van der Waals surface area (Å²) in [6, 6.07) is 0.734. The number of carbonyl (C=O) groups excluding carboxylic acids is 2. The summed E-state index contributed by atoms with van der Waals surface area (Å²) in [5.74, 6) is -2.24. The van der Waals surface area contributed by atoms with Crippen molar-refractivity contribution in [2.75, 3.05) is 18.1 Å². The van der Waals surface area contributed by atoms with E-state index in [9.17, 15) is 19.5 Å². The molecule has 0 radical (unpaired) electrons. The van der Waals surface area contributed by atoms with E-state index >= 15 is 0 Å². The standard InChI is InChI=1S/C19H18N8O5S3/c1-2-32-25-10(13-24-18(20)35-26-13)14(28)23-11-15(29)27-12(17(30)31)9(8-34-16(11)27)4-7-33-19-21-5-3-6-22-19/h3-7,11,16H,2,8H2,1H3,(H,23,28)(H,30,31)(H2,20,24,26)/t11?,16-/m0/s1. The predicted molar refractivity (Wildman–Crippen MR) is 129 cm³/mol. The Hall–Kier alpha value is -3.50. The second-order valence-electron chi connectivity index (χ2n) is 6.81. The number of allylic oxidation sites excluding steroid dienone is 1. The van der Waals surface area contributed by atoms with Crippen molar-refractivity contribution in [2.45, 2.75) is 23.5 Å². The molecule has 2 amide bonds. The summed E-state index contributed by atoms with van der Waals surface area (Å²) in [7, 11) is 0. The quantitative estimate of drug-likeness (QED) is 0.135. The number of nitrogens with one attached hydrogen (secondary N) is 1. The maximum Gasteiger partial charge on any atom is 0.352 e. The number of anilines is 1. The maximum absolute atomic E-state index is 12.9. The zero-order valence-electron chi connectivity index (χ0n) is 18.0. The molecule has 13 nitrogen and oxygen atoms in total. The Labute approximate surface area is 211 Å². The number of carboxylic acid groups (broad SMARTS) is 1. The van der Waals surface area contributed by atoms with Crippen LogP contribution >= 0.6 is 35.1 Å². The highest BCUT2D eigenvalue weighted by Crippen LogP contribution is 2.41. The van der Waals surface area contributed by atoms with E-state index in [1.165, 1.54) is 28.4 Å². The van der Waals surface area contributed by atoms with Crippen molar-refractivity contribution in [3.63, 3.8) is 0 Å². The van der Waals surface area contributed by atoms with Gasteiger partial charge in [-0.25, -0.2) is 14.8 Å². The summed E-state index contributed by atoms with van der Waals surface area (Å²) in [6.07, 6.45) is 4.82. The normalized spacial score (nSPS) is 20.0. The minimum absolute atomic E-state index is 0.0307.